The first-order chi connectivity index (χ1) is 5.68. The molecule has 1 heterocycles. The van der Waals surface area contributed by atoms with Gasteiger partial charge in [-0.15, -0.1) is 12.4 Å². The summed E-state index contributed by atoms with van der Waals surface area (Å²) in [7, 11) is 0. The second-order valence-corrected chi connectivity index (χ2v) is 3.71. The van der Waals surface area contributed by atoms with Crippen molar-refractivity contribution in [3.63, 3.8) is 0 Å². The topological polar surface area (TPSA) is 29.3 Å². The third-order valence-corrected chi connectivity index (χ3v) is 2.75. The van der Waals surface area contributed by atoms with Crippen LogP contribution in [0.4, 0.5) is 0 Å². The van der Waals surface area contributed by atoms with E-state index in [-0.39, 0.29) is 12.4 Å². The van der Waals surface area contributed by atoms with Crippen LogP contribution in [0, 0.1) is 0 Å². The molecular weight excluding hydrogens is 230 g/mol. The van der Waals surface area contributed by atoms with Gasteiger partial charge >= 0.3 is 0 Å². The summed E-state index contributed by atoms with van der Waals surface area (Å²) in [5.74, 6) is 5.64. The van der Waals surface area contributed by atoms with Gasteiger partial charge in [0.1, 0.15) is 0 Å². The predicted molar refractivity (Wildman–Crippen MR) is 57.1 cm³/mol. The molecule has 0 fully saturated rings. The van der Waals surface area contributed by atoms with E-state index in [2.05, 4.69) is 0 Å². The van der Waals surface area contributed by atoms with Gasteiger partial charge in [-0.2, -0.15) is 0 Å². The minimum atomic E-state index is 0. The van der Waals surface area contributed by atoms with Crippen molar-refractivity contribution in [1.29, 1.82) is 0 Å². The lowest BCUT2D eigenvalue weighted by Crippen LogP contribution is -2.23. The maximum absolute atomic E-state index is 5.97. The predicted octanol–water partition coefficient (Wildman–Crippen LogP) is 2.60. The van der Waals surface area contributed by atoms with E-state index in [1.165, 1.54) is 0 Å². The molecule has 13 heavy (non-hydrogen) atoms. The van der Waals surface area contributed by atoms with E-state index in [0.29, 0.717) is 13.1 Å². The molecule has 0 unspecified atom stereocenters. The van der Waals surface area contributed by atoms with Gasteiger partial charge in [0.15, 0.2) is 0 Å². The Balaban J connectivity index is 0.000000845. The monoisotopic (exact) mass is 238 g/mol. The third-order valence-electron chi connectivity index (χ3n) is 2.04. The van der Waals surface area contributed by atoms with E-state index < -0.39 is 0 Å². The minimum Gasteiger partial charge on any atom is -0.268 e. The van der Waals surface area contributed by atoms with E-state index >= 15 is 0 Å². The Bertz CT molecular complexity index is 296. The number of fused-ring (bicyclic) bond motifs is 1. The number of rotatable bonds is 0. The van der Waals surface area contributed by atoms with Gasteiger partial charge in [0.2, 0.25) is 0 Å². The average Bonchev–Trinajstić information content (AvgIpc) is 2.41. The van der Waals surface area contributed by atoms with Crippen LogP contribution in [-0.2, 0) is 13.1 Å². The molecule has 1 aliphatic rings. The van der Waals surface area contributed by atoms with Crippen molar-refractivity contribution in [2.45, 2.75) is 13.1 Å². The Morgan fingerprint density at radius 1 is 1.08 bits per heavy atom. The van der Waals surface area contributed by atoms with Crippen molar-refractivity contribution in [3.8, 4) is 0 Å². The highest BCUT2D eigenvalue weighted by molar-refractivity contribution is 6.34. The molecule has 1 aliphatic heterocycles. The molecule has 2 N–H and O–H groups in total. The summed E-state index contributed by atoms with van der Waals surface area (Å²) in [5.41, 5.74) is 2.12. The Labute approximate surface area is 93.0 Å². The molecule has 0 radical (unpaired) electrons. The summed E-state index contributed by atoms with van der Waals surface area (Å²) in [5, 5.41) is 3.20. The first-order valence-electron chi connectivity index (χ1n) is 3.64. The second-order valence-electron chi connectivity index (χ2n) is 2.89. The Hall–Kier alpha value is 0.01000. The maximum Gasteiger partial charge on any atom is 0.0455 e. The first kappa shape index (κ1) is 11.1. The zero-order chi connectivity index (χ0) is 8.72. The van der Waals surface area contributed by atoms with Gasteiger partial charge in [-0.1, -0.05) is 23.2 Å². The highest BCUT2D eigenvalue weighted by Crippen LogP contribution is 2.32. The SMILES string of the molecule is Cl.NN1Cc2c(Cl)ccc(Cl)c2C1. The fourth-order valence-electron chi connectivity index (χ4n) is 1.44. The van der Waals surface area contributed by atoms with E-state index in [1.54, 1.807) is 5.01 Å². The molecule has 1 aromatic rings. The third kappa shape index (κ3) is 1.92. The van der Waals surface area contributed by atoms with E-state index in [1.807, 2.05) is 12.1 Å². The van der Waals surface area contributed by atoms with Gasteiger partial charge in [-0.3, -0.25) is 5.84 Å². The normalized spacial score (nSPS) is 15.3. The molecule has 0 saturated carbocycles. The largest absolute Gasteiger partial charge is 0.268 e. The molecule has 0 amide bonds. The molecule has 0 aliphatic carbocycles. The van der Waals surface area contributed by atoms with Gasteiger partial charge in [0, 0.05) is 23.1 Å². The smallest absolute Gasteiger partial charge is 0.0455 e. The fraction of sp³-hybridized carbons (Fsp3) is 0.250. The van der Waals surface area contributed by atoms with E-state index in [0.717, 1.165) is 21.2 Å². The lowest BCUT2D eigenvalue weighted by Gasteiger charge is -2.03. The summed E-state index contributed by atoms with van der Waals surface area (Å²) in [4.78, 5) is 0. The van der Waals surface area contributed by atoms with Crippen molar-refractivity contribution in [1.82, 2.24) is 5.01 Å². The molecule has 5 heteroatoms. The Morgan fingerprint density at radius 2 is 1.46 bits per heavy atom. The fourth-order valence-corrected chi connectivity index (χ4v) is 1.91. The van der Waals surface area contributed by atoms with E-state index in [4.69, 9.17) is 29.0 Å². The minimum absolute atomic E-state index is 0. The van der Waals surface area contributed by atoms with E-state index in [9.17, 15) is 0 Å². The van der Waals surface area contributed by atoms with Crippen molar-refractivity contribution < 1.29 is 0 Å². The van der Waals surface area contributed by atoms with Gasteiger partial charge in [-0.25, -0.2) is 5.01 Å². The van der Waals surface area contributed by atoms with Crippen molar-refractivity contribution in [2.24, 2.45) is 5.84 Å². The number of hydrazine groups is 1. The van der Waals surface area contributed by atoms with Crippen LogP contribution >= 0.6 is 35.6 Å². The Kier molecular flexibility index (Phi) is 3.44. The van der Waals surface area contributed by atoms with Crippen LogP contribution in [0.1, 0.15) is 11.1 Å². The zero-order valence-corrected chi connectivity index (χ0v) is 9.09. The molecule has 72 valence electrons. The van der Waals surface area contributed by atoms with Crippen LogP contribution < -0.4 is 5.84 Å². The number of nitrogens with zero attached hydrogens (tertiary/aromatic N) is 1. The molecule has 2 nitrogen and oxygen atoms in total. The van der Waals surface area contributed by atoms with Crippen LogP contribution in [0.15, 0.2) is 12.1 Å². The van der Waals surface area contributed by atoms with Crippen LogP contribution in [-0.4, -0.2) is 5.01 Å². The second kappa shape index (κ2) is 4.03. The standard InChI is InChI=1S/C8H8Cl2N2.ClH/c9-7-1-2-8(10)6-4-12(11)3-5(6)7;/h1-2H,3-4,11H2;1H. The molecule has 0 bridgehead atoms. The van der Waals surface area contributed by atoms with Gasteiger partial charge in [0.25, 0.3) is 0 Å². The highest BCUT2D eigenvalue weighted by atomic mass is 35.5. The maximum atomic E-state index is 5.97. The molecule has 2 rings (SSSR count). The van der Waals surface area contributed by atoms with Crippen LogP contribution in [0.5, 0.6) is 0 Å². The number of hydrogen-bond donors (Lipinski definition) is 1. The number of benzene rings is 1. The van der Waals surface area contributed by atoms with Gasteiger partial charge < -0.3 is 0 Å². The molecule has 1 aromatic carbocycles. The van der Waals surface area contributed by atoms with Crippen molar-refractivity contribution >= 4 is 35.6 Å². The van der Waals surface area contributed by atoms with Crippen LogP contribution in [0.3, 0.4) is 0 Å². The van der Waals surface area contributed by atoms with Gasteiger partial charge in [-0.05, 0) is 23.3 Å². The summed E-state index contributed by atoms with van der Waals surface area (Å²) in [6.07, 6.45) is 0. The average molecular weight is 240 g/mol. The molecule has 0 saturated heterocycles. The lowest BCUT2D eigenvalue weighted by atomic mass is 10.1. The van der Waals surface area contributed by atoms with Crippen LogP contribution in [0.2, 0.25) is 10.0 Å². The zero-order valence-electron chi connectivity index (χ0n) is 6.76. The summed E-state index contributed by atoms with van der Waals surface area (Å²) in [6.45, 7) is 1.38. The molecule has 0 aromatic heterocycles. The first-order valence-corrected chi connectivity index (χ1v) is 4.39. The Morgan fingerprint density at radius 3 is 1.85 bits per heavy atom. The lowest BCUT2D eigenvalue weighted by molar-refractivity contribution is 0.296. The quantitative estimate of drug-likeness (QED) is 0.705. The van der Waals surface area contributed by atoms with Crippen molar-refractivity contribution in [3.05, 3.63) is 33.3 Å². The highest BCUT2D eigenvalue weighted by Gasteiger charge is 2.20. The summed E-state index contributed by atoms with van der Waals surface area (Å²) >= 11 is 11.9. The van der Waals surface area contributed by atoms with Crippen molar-refractivity contribution in [2.75, 3.05) is 0 Å². The summed E-state index contributed by atoms with van der Waals surface area (Å²) in [6, 6.07) is 3.61. The molecule has 0 atom stereocenters. The van der Waals surface area contributed by atoms with Gasteiger partial charge in [0.05, 0.1) is 0 Å². The summed E-state index contributed by atoms with van der Waals surface area (Å²) < 4.78 is 0. The molecular formula is C8H9Cl3N2. The molecule has 0 spiro atoms. The number of nitrogens with two attached hydrogens (primary N) is 1. The number of halogens is 3. The number of hydrogen-bond acceptors (Lipinski definition) is 2. The van der Waals surface area contributed by atoms with Crippen LogP contribution in [0.25, 0.3) is 0 Å².